The van der Waals surface area contributed by atoms with E-state index >= 15 is 0 Å². The smallest absolute Gasteiger partial charge is 0.254 e. The average Bonchev–Trinajstić information content (AvgIpc) is 2.86. The van der Waals surface area contributed by atoms with Crippen LogP contribution in [0.15, 0.2) is 18.2 Å². The van der Waals surface area contributed by atoms with E-state index in [0.29, 0.717) is 18.7 Å². The largest absolute Gasteiger partial charge is 0.383 e. The Bertz CT molecular complexity index is 528. The SMILES string of the molecule is COC[C@H]1CCCN1C(=O)c1ccc(C)cc1C(N)=O. The maximum absolute atomic E-state index is 12.6. The van der Waals surface area contributed by atoms with Crippen LogP contribution in [-0.2, 0) is 4.74 Å². The number of hydrogen-bond acceptors (Lipinski definition) is 3. The van der Waals surface area contributed by atoms with Crippen LogP contribution in [0.25, 0.3) is 0 Å². The molecule has 0 spiro atoms. The number of carbonyl (C=O) groups excluding carboxylic acids is 2. The van der Waals surface area contributed by atoms with Crippen LogP contribution in [0.1, 0.15) is 39.1 Å². The Morgan fingerprint density at radius 3 is 2.80 bits per heavy atom. The van der Waals surface area contributed by atoms with Crippen molar-refractivity contribution >= 4 is 11.8 Å². The molecule has 5 heteroatoms. The molecule has 0 saturated carbocycles. The Morgan fingerprint density at radius 2 is 2.15 bits per heavy atom. The highest BCUT2D eigenvalue weighted by Crippen LogP contribution is 2.22. The number of carbonyl (C=O) groups is 2. The monoisotopic (exact) mass is 276 g/mol. The van der Waals surface area contributed by atoms with Gasteiger partial charge < -0.3 is 15.4 Å². The van der Waals surface area contributed by atoms with Crippen LogP contribution < -0.4 is 5.73 Å². The van der Waals surface area contributed by atoms with Crippen LogP contribution in [0.3, 0.4) is 0 Å². The van der Waals surface area contributed by atoms with Gasteiger partial charge in [-0.25, -0.2) is 0 Å². The lowest BCUT2D eigenvalue weighted by Gasteiger charge is -2.25. The molecule has 0 radical (unpaired) electrons. The number of likely N-dealkylation sites (tertiary alicyclic amines) is 1. The van der Waals surface area contributed by atoms with Crippen molar-refractivity contribution in [1.29, 1.82) is 0 Å². The Kier molecular flexibility index (Phi) is 4.39. The zero-order valence-corrected chi connectivity index (χ0v) is 11.9. The summed E-state index contributed by atoms with van der Waals surface area (Å²) in [6, 6.07) is 5.24. The minimum atomic E-state index is -0.570. The number of benzene rings is 1. The molecule has 1 aromatic rings. The van der Waals surface area contributed by atoms with Gasteiger partial charge in [-0.1, -0.05) is 11.6 Å². The van der Waals surface area contributed by atoms with Crippen LogP contribution in [0, 0.1) is 6.92 Å². The van der Waals surface area contributed by atoms with Crippen LogP contribution in [0.5, 0.6) is 0 Å². The third-order valence-corrected chi connectivity index (χ3v) is 3.67. The standard InChI is InChI=1S/C15H20N2O3/c1-10-5-6-12(13(8-10)14(16)18)15(19)17-7-3-4-11(17)9-20-2/h5-6,8,11H,3-4,7,9H2,1-2H3,(H2,16,18)/t11-/m1/s1. The lowest BCUT2D eigenvalue weighted by atomic mass is 10.0. The van der Waals surface area contributed by atoms with E-state index in [1.807, 2.05) is 13.0 Å². The van der Waals surface area contributed by atoms with E-state index in [0.717, 1.165) is 18.4 Å². The van der Waals surface area contributed by atoms with Crippen molar-refractivity contribution < 1.29 is 14.3 Å². The Hall–Kier alpha value is -1.88. The normalized spacial score (nSPS) is 18.3. The fourth-order valence-corrected chi connectivity index (χ4v) is 2.67. The maximum Gasteiger partial charge on any atom is 0.254 e. The first-order valence-corrected chi connectivity index (χ1v) is 6.75. The molecule has 1 aliphatic heterocycles. The van der Waals surface area contributed by atoms with E-state index < -0.39 is 5.91 Å². The van der Waals surface area contributed by atoms with Crippen molar-refractivity contribution in [2.24, 2.45) is 5.73 Å². The summed E-state index contributed by atoms with van der Waals surface area (Å²) < 4.78 is 5.15. The van der Waals surface area contributed by atoms with Gasteiger partial charge in [0.15, 0.2) is 0 Å². The van der Waals surface area contributed by atoms with Gasteiger partial charge in [-0.15, -0.1) is 0 Å². The van der Waals surface area contributed by atoms with Crippen molar-refractivity contribution in [2.75, 3.05) is 20.3 Å². The molecule has 1 fully saturated rings. The summed E-state index contributed by atoms with van der Waals surface area (Å²) in [7, 11) is 1.63. The molecule has 0 unspecified atom stereocenters. The molecule has 5 nitrogen and oxygen atoms in total. The van der Waals surface area contributed by atoms with Gasteiger partial charge >= 0.3 is 0 Å². The molecule has 0 aliphatic carbocycles. The molecule has 2 amide bonds. The zero-order chi connectivity index (χ0) is 14.7. The summed E-state index contributed by atoms with van der Waals surface area (Å²) in [6.45, 7) is 3.08. The third-order valence-electron chi connectivity index (χ3n) is 3.67. The number of rotatable bonds is 4. The van der Waals surface area contributed by atoms with Crippen molar-refractivity contribution in [3.05, 3.63) is 34.9 Å². The predicted octanol–water partition coefficient (Wildman–Crippen LogP) is 1.34. The molecule has 1 aromatic carbocycles. The number of amides is 2. The van der Waals surface area contributed by atoms with Crippen molar-refractivity contribution in [3.8, 4) is 0 Å². The molecule has 1 saturated heterocycles. The number of aryl methyl sites for hydroxylation is 1. The molecule has 1 atom stereocenters. The summed E-state index contributed by atoms with van der Waals surface area (Å²) in [4.78, 5) is 25.9. The van der Waals surface area contributed by atoms with Crippen LogP contribution in [0.4, 0.5) is 0 Å². The number of primary amides is 1. The quantitative estimate of drug-likeness (QED) is 0.902. The highest BCUT2D eigenvalue weighted by Gasteiger charge is 2.30. The van der Waals surface area contributed by atoms with Crippen molar-refractivity contribution in [1.82, 2.24) is 4.90 Å². The second-order valence-electron chi connectivity index (χ2n) is 5.16. The van der Waals surface area contributed by atoms with Gasteiger partial charge in [-0.2, -0.15) is 0 Å². The summed E-state index contributed by atoms with van der Waals surface area (Å²) in [5.74, 6) is -0.710. The van der Waals surface area contributed by atoms with Crippen molar-refractivity contribution in [2.45, 2.75) is 25.8 Å². The topological polar surface area (TPSA) is 72.6 Å². The van der Waals surface area contributed by atoms with Gasteiger partial charge in [0.25, 0.3) is 5.91 Å². The predicted molar refractivity (Wildman–Crippen MR) is 75.6 cm³/mol. The molecule has 2 N–H and O–H groups in total. The number of nitrogens with two attached hydrogens (primary N) is 1. The Labute approximate surface area is 118 Å². The first-order chi connectivity index (χ1) is 9.54. The molecular weight excluding hydrogens is 256 g/mol. The molecule has 20 heavy (non-hydrogen) atoms. The van der Waals surface area contributed by atoms with Crippen molar-refractivity contribution in [3.63, 3.8) is 0 Å². The highest BCUT2D eigenvalue weighted by molar-refractivity contribution is 6.07. The van der Waals surface area contributed by atoms with E-state index in [-0.39, 0.29) is 17.5 Å². The molecule has 1 heterocycles. The fourth-order valence-electron chi connectivity index (χ4n) is 2.67. The van der Waals surface area contributed by atoms with Crippen LogP contribution >= 0.6 is 0 Å². The Balaban J connectivity index is 2.31. The summed E-state index contributed by atoms with van der Waals surface area (Å²) in [5.41, 5.74) is 6.96. The number of hydrogen-bond donors (Lipinski definition) is 1. The van der Waals surface area contributed by atoms with E-state index in [1.165, 1.54) is 0 Å². The van der Waals surface area contributed by atoms with E-state index in [4.69, 9.17) is 10.5 Å². The van der Waals surface area contributed by atoms with Gasteiger partial charge in [-0.3, -0.25) is 9.59 Å². The minimum Gasteiger partial charge on any atom is -0.383 e. The summed E-state index contributed by atoms with van der Waals surface area (Å²) in [5, 5.41) is 0. The second kappa shape index (κ2) is 6.05. The van der Waals surface area contributed by atoms with Gasteiger partial charge in [-0.05, 0) is 31.9 Å². The molecule has 2 rings (SSSR count). The number of ether oxygens (including phenoxy) is 1. The molecular formula is C15H20N2O3. The number of methoxy groups -OCH3 is 1. The van der Waals surface area contributed by atoms with Gasteiger partial charge in [0.05, 0.1) is 23.8 Å². The summed E-state index contributed by atoms with van der Waals surface area (Å²) in [6.07, 6.45) is 1.88. The van der Waals surface area contributed by atoms with Gasteiger partial charge in [0, 0.05) is 13.7 Å². The lowest BCUT2D eigenvalue weighted by Crippen LogP contribution is -2.39. The maximum atomic E-state index is 12.6. The van der Waals surface area contributed by atoms with E-state index in [9.17, 15) is 9.59 Å². The first kappa shape index (κ1) is 14.5. The Morgan fingerprint density at radius 1 is 1.40 bits per heavy atom. The van der Waals surface area contributed by atoms with E-state index in [1.54, 1.807) is 24.1 Å². The first-order valence-electron chi connectivity index (χ1n) is 6.75. The lowest BCUT2D eigenvalue weighted by molar-refractivity contribution is 0.0627. The summed E-state index contributed by atoms with van der Waals surface area (Å²) >= 11 is 0. The fraction of sp³-hybridized carbons (Fsp3) is 0.467. The van der Waals surface area contributed by atoms with Gasteiger partial charge in [0.2, 0.25) is 5.91 Å². The second-order valence-corrected chi connectivity index (χ2v) is 5.16. The minimum absolute atomic E-state index is 0.0783. The molecule has 1 aliphatic rings. The van der Waals surface area contributed by atoms with Crippen LogP contribution in [0.2, 0.25) is 0 Å². The van der Waals surface area contributed by atoms with E-state index in [2.05, 4.69) is 0 Å². The molecule has 0 aromatic heterocycles. The highest BCUT2D eigenvalue weighted by atomic mass is 16.5. The average molecular weight is 276 g/mol. The molecule has 108 valence electrons. The molecule has 0 bridgehead atoms. The number of nitrogens with zero attached hydrogens (tertiary/aromatic N) is 1. The third kappa shape index (κ3) is 2.82. The van der Waals surface area contributed by atoms with Gasteiger partial charge in [0.1, 0.15) is 0 Å². The zero-order valence-electron chi connectivity index (χ0n) is 11.9. The van der Waals surface area contributed by atoms with Crippen LogP contribution in [-0.4, -0.2) is 43.0 Å².